The zero-order valence-corrected chi connectivity index (χ0v) is 15.9. The molecular weight excluding hydrogens is 359 g/mol. The summed E-state index contributed by atoms with van der Waals surface area (Å²) in [5.41, 5.74) is 8.90. The largest absolute Gasteiger partial charge is 0.273 e. The van der Waals surface area contributed by atoms with Crippen molar-refractivity contribution in [2.75, 3.05) is 0 Å². The Morgan fingerprint density at radius 2 is 1.54 bits per heavy atom. The van der Waals surface area contributed by atoms with Gasteiger partial charge in [0.2, 0.25) is 0 Å². The van der Waals surface area contributed by atoms with Crippen molar-refractivity contribution in [3.63, 3.8) is 0 Å². The van der Waals surface area contributed by atoms with Gasteiger partial charge in [-0.25, -0.2) is 4.39 Å². The van der Waals surface area contributed by atoms with Crippen LogP contribution in [0.5, 0.6) is 0 Å². The standard InChI is InChI=1S/C21H21FN4O2/c1-13-4-6-16(7-5-13)12-26-15(3)19(14(2)25-26)21(28)24-23-20(27)17-8-10-18(22)11-9-17/h4-11H,12H2,1-3H3,(H,23,27)(H,24,28). The van der Waals surface area contributed by atoms with E-state index in [4.69, 9.17) is 0 Å². The summed E-state index contributed by atoms with van der Waals surface area (Å²) in [5.74, 6) is -1.43. The fourth-order valence-corrected chi connectivity index (χ4v) is 2.90. The van der Waals surface area contributed by atoms with Crippen LogP contribution in [0, 0.1) is 26.6 Å². The molecule has 0 aliphatic heterocycles. The van der Waals surface area contributed by atoms with E-state index in [9.17, 15) is 14.0 Å². The minimum atomic E-state index is -0.532. The minimum absolute atomic E-state index is 0.241. The van der Waals surface area contributed by atoms with Gasteiger partial charge in [0.15, 0.2) is 0 Å². The molecule has 28 heavy (non-hydrogen) atoms. The second kappa shape index (κ2) is 8.04. The van der Waals surface area contributed by atoms with E-state index in [0.29, 0.717) is 23.5 Å². The van der Waals surface area contributed by atoms with Crippen molar-refractivity contribution in [1.82, 2.24) is 20.6 Å². The monoisotopic (exact) mass is 380 g/mol. The molecule has 0 saturated heterocycles. The Morgan fingerprint density at radius 1 is 0.929 bits per heavy atom. The third-order valence-electron chi connectivity index (χ3n) is 4.46. The zero-order chi connectivity index (χ0) is 20.3. The van der Waals surface area contributed by atoms with Crippen LogP contribution in [0.4, 0.5) is 4.39 Å². The number of benzene rings is 2. The van der Waals surface area contributed by atoms with E-state index in [1.807, 2.05) is 38.1 Å². The van der Waals surface area contributed by atoms with Crippen molar-refractivity contribution in [3.8, 4) is 0 Å². The maximum atomic E-state index is 12.9. The van der Waals surface area contributed by atoms with E-state index in [2.05, 4.69) is 16.0 Å². The summed E-state index contributed by atoms with van der Waals surface area (Å²) < 4.78 is 14.7. The molecule has 144 valence electrons. The Balaban J connectivity index is 1.69. The first-order valence-electron chi connectivity index (χ1n) is 8.81. The molecule has 0 saturated carbocycles. The molecule has 7 heteroatoms. The molecule has 0 fully saturated rings. The molecular formula is C21H21FN4O2. The highest BCUT2D eigenvalue weighted by atomic mass is 19.1. The maximum Gasteiger partial charge on any atom is 0.273 e. The van der Waals surface area contributed by atoms with Gasteiger partial charge in [-0.1, -0.05) is 29.8 Å². The third-order valence-corrected chi connectivity index (χ3v) is 4.46. The molecule has 3 rings (SSSR count). The smallest absolute Gasteiger partial charge is 0.267 e. The van der Waals surface area contributed by atoms with Crippen molar-refractivity contribution < 1.29 is 14.0 Å². The van der Waals surface area contributed by atoms with Crippen LogP contribution in [0.3, 0.4) is 0 Å². The van der Waals surface area contributed by atoms with E-state index in [1.54, 1.807) is 11.6 Å². The van der Waals surface area contributed by atoms with Gasteiger partial charge in [0.05, 0.1) is 17.8 Å². The van der Waals surface area contributed by atoms with Gasteiger partial charge >= 0.3 is 0 Å². The molecule has 0 unspecified atom stereocenters. The first-order valence-corrected chi connectivity index (χ1v) is 8.81. The summed E-state index contributed by atoms with van der Waals surface area (Å²) in [6.45, 7) is 6.12. The fraction of sp³-hybridized carbons (Fsp3) is 0.190. The number of hydrazine groups is 1. The lowest BCUT2D eigenvalue weighted by atomic mass is 10.1. The van der Waals surface area contributed by atoms with Gasteiger partial charge in [-0.05, 0) is 50.6 Å². The Bertz CT molecular complexity index is 1010. The minimum Gasteiger partial charge on any atom is -0.267 e. The number of aryl methyl sites for hydroxylation is 2. The molecule has 0 aliphatic rings. The molecule has 0 atom stereocenters. The number of carbonyl (C=O) groups is 2. The average Bonchev–Trinajstić information content (AvgIpc) is 2.95. The van der Waals surface area contributed by atoms with Crippen molar-refractivity contribution in [2.24, 2.45) is 0 Å². The van der Waals surface area contributed by atoms with Crippen molar-refractivity contribution in [1.29, 1.82) is 0 Å². The first-order chi connectivity index (χ1) is 13.3. The number of hydrogen-bond acceptors (Lipinski definition) is 3. The summed E-state index contributed by atoms with van der Waals surface area (Å²) >= 11 is 0. The SMILES string of the molecule is Cc1ccc(Cn2nc(C)c(C(=O)NNC(=O)c3ccc(F)cc3)c2C)cc1. The number of aromatic nitrogens is 2. The quantitative estimate of drug-likeness (QED) is 0.683. The number of nitrogens with one attached hydrogen (secondary N) is 2. The molecule has 2 aromatic carbocycles. The number of carbonyl (C=O) groups excluding carboxylic acids is 2. The van der Waals surface area contributed by atoms with Crippen molar-refractivity contribution in [3.05, 3.63) is 88.0 Å². The van der Waals surface area contributed by atoms with E-state index in [0.717, 1.165) is 5.56 Å². The van der Waals surface area contributed by atoms with E-state index >= 15 is 0 Å². The summed E-state index contributed by atoms with van der Waals surface area (Å²) in [7, 11) is 0. The average molecular weight is 380 g/mol. The number of hydrogen-bond donors (Lipinski definition) is 2. The van der Waals surface area contributed by atoms with Crippen LogP contribution in [-0.4, -0.2) is 21.6 Å². The Morgan fingerprint density at radius 3 is 2.18 bits per heavy atom. The predicted molar refractivity (Wildman–Crippen MR) is 103 cm³/mol. The molecule has 0 bridgehead atoms. The Labute approximate surface area is 162 Å². The highest BCUT2D eigenvalue weighted by molar-refractivity contribution is 6.00. The molecule has 0 radical (unpaired) electrons. The molecule has 0 aliphatic carbocycles. The second-order valence-corrected chi connectivity index (χ2v) is 6.60. The van der Waals surface area contributed by atoms with Gasteiger partial charge < -0.3 is 0 Å². The van der Waals surface area contributed by atoms with Crippen LogP contribution in [-0.2, 0) is 6.54 Å². The highest BCUT2D eigenvalue weighted by Crippen LogP contribution is 2.15. The van der Waals surface area contributed by atoms with Gasteiger partial charge in [-0.15, -0.1) is 0 Å². The first kappa shape index (κ1) is 19.3. The van der Waals surface area contributed by atoms with Gasteiger partial charge in [0.1, 0.15) is 5.82 Å². The third kappa shape index (κ3) is 4.25. The predicted octanol–water partition coefficient (Wildman–Crippen LogP) is 3.07. The van der Waals surface area contributed by atoms with Crippen LogP contribution < -0.4 is 10.9 Å². The Hall–Kier alpha value is -3.48. The highest BCUT2D eigenvalue weighted by Gasteiger charge is 2.19. The number of nitrogens with zero attached hydrogens (tertiary/aromatic N) is 2. The Kier molecular flexibility index (Phi) is 5.54. The number of rotatable bonds is 4. The summed E-state index contributed by atoms with van der Waals surface area (Å²) in [4.78, 5) is 24.6. The van der Waals surface area contributed by atoms with Gasteiger partial charge in [0.25, 0.3) is 11.8 Å². The van der Waals surface area contributed by atoms with Gasteiger partial charge in [-0.2, -0.15) is 5.10 Å². The van der Waals surface area contributed by atoms with Crippen LogP contribution in [0.15, 0.2) is 48.5 Å². The van der Waals surface area contributed by atoms with E-state index < -0.39 is 17.6 Å². The number of halogens is 1. The number of amides is 2. The second-order valence-electron chi connectivity index (χ2n) is 6.60. The van der Waals surface area contributed by atoms with Crippen molar-refractivity contribution in [2.45, 2.75) is 27.3 Å². The molecule has 0 spiro atoms. The van der Waals surface area contributed by atoms with Gasteiger partial charge in [0, 0.05) is 11.3 Å². The molecule has 1 aromatic heterocycles. The lowest BCUT2D eigenvalue weighted by molar-refractivity contribution is 0.0846. The summed E-state index contributed by atoms with van der Waals surface area (Å²) in [6, 6.07) is 13.1. The molecule has 1 heterocycles. The zero-order valence-electron chi connectivity index (χ0n) is 15.9. The van der Waals surface area contributed by atoms with Crippen molar-refractivity contribution >= 4 is 11.8 Å². The van der Waals surface area contributed by atoms with Crippen LogP contribution in [0.2, 0.25) is 0 Å². The molecule has 3 aromatic rings. The van der Waals surface area contributed by atoms with Crippen LogP contribution >= 0.6 is 0 Å². The fourth-order valence-electron chi connectivity index (χ4n) is 2.90. The van der Waals surface area contributed by atoms with Crippen LogP contribution in [0.25, 0.3) is 0 Å². The normalized spacial score (nSPS) is 10.6. The van der Waals surface area contributed by atoms with E-state index in [1.165, 1.54) is 29.8 Å². The van der Waals surface area contributed by atoms with Crippen LogP contribution in [0.1, 0.15) is 43.2 Å². The lowest BCUT2D eigenvalue weighted by Gasteiger charge is -2.09. The maximum absolute atomic E-state index is 12.9. The molecule has 2 N–H and O–H groups in total. The lowest BCUT2D eigenvalue weighted by Crippen LogP contribution is -2.42. The van der Waals surface area contributed by atoms with E-state index in [-0.39, 0.29) is 5.56 Å². The van der Waals surface area contributed by atoms with Gasteiger partial charge in [-0.3, -0.25) is 25.1 Å². The summed E-state index contributed by atoms with van der Waals surface area (Å²) in [5, 5.41) is 4.45. The molecule has 6 nitrogen and oxygen atoms in total. The topological polar surface area (TPSA) is 76.0 Å². The summed E-state index contributed by atoms with van der Waals surface area (Å²) in [6.07, 6.45) is 0. The molecule has 2 amide bonds.